The van der Waals surface area contributed by atoms with Gasteiger partial charge < -0.3 is 14.4 Å². The van der Waals surface area contributed by atoms with E-state index in [1.54, 1.807) is 70.0 Å². The van der Waals surface area contributed by atoms with E-state index in [1.165, 1.54) is 6.07 Å². The smallest absolute Gasteiger partial charge is 0.419 e. The Morgan fingerprint density at radius 2 is 1.65 bits per heavy atom. The molecular formula is C25H26Cl2N2O5. The van der Waals surface area contributed by atoms with Crippen LogP contribution in [0.25, 0.3) is 10.9 Å². The van der Waals surface area contributed by atoms with Crippen molar-refractivity contribution >= 4 is 57.6 Å². The lowest BCUT2D eigenvalue weighted by Crippen LogP contribution is -2.31. The van der Waals surface area contributed by atoms with Crippen LogP contribution in [0.4, 0.5) is 10.5 Å². The molecule has 0 radical (unpaired) electrons. The molecule has 0 amide bonds. The Morgan fingerprint density at radius 1 is 1.03 bits per heavy atom. The fourth-order valence-corrected chi connectivity index (χ4v) is 3.87. The Bertz CT molecular complexity index is 1250. The van der Waals surface area contributed by atoms with Crippen LogP contribution in [0.5, 0.6) is 0 Å². The summed E-state index contributed by atoms with van der Waals surface area (Å²) in [6.45, 7) is 6.84. The van der Waals surface area contributed by atoms with E-state index in [0.717, 1.165) is 4.57 Å². The molecule has 0 aliphatic carbocycles. The number of anilines is 1. The average Bonchev–Trinajstić information content (AvgIpc) is 3.08. The van der Waals surface area contributed by atoms with E-state index in [1.807, 2.05) is 6.07 Å². The molecule has 3 rings (SSSR count). The first kappa shape index (κ1) is 25.6. The summed E-state index contributed by atoms with van der Waals surface area (Å²) in [5.74, 6) is -0.915. The zero-order chi connectivity index (χ0) is 25.2. The molecule has 0 spiro atoms. The van der Waals surface area contributed by atoms with Crippen LogP contribution < -0.4 is 4.90 Å². The maximum atomic E-state index is 13.3. The number of esters is 1. The molecule has 1 aromatic heterocycles. The number of rotatable bonds is 6. The Labute approximate surface area is 208 Å². The molecule has 0 atom stereocenters. The predicted molar refractivity (Wildman–Crippen MR) is 134 cm³/mol. The number of carbonyl (C=O) groups excluding carboxylic acids is 3. The number of likely N-dealkylation sites (N-methyl/N-ethyl adjacent to an activating group) is 1. The number of ketones is 1. The molecule has 0 N–H and O–H groups in total. The maximum Gasteiger partial charge on any atom is 0.419 e. The first-order valence-corrected chi connectivity index (χ1v) is 11.4. The summed E-state index contributed by atoms with van der Waals surface area (Å²) in [6.07, 6.45) is -0.784. The Hall–Kier alpha value is -3.03. The fourth-order valence-electron chi connectivity index (χ4n) is 3.55. The molecule has 180 valence electrons. The number of halogens is 2. The van der Waals surface area contributed by atoms with Gasteiger partial charge in [0, 0.05) is 18.0 Å². The second-order valence-corrected chi connectivity index (χ2v) is 9.48. The molecule has 0 unspecified atom stereocenters. The summed E-state index contributed by atoms with van der Waals surface area (Å²) in [5, 5.41) is 0.878. The quantitative estimate of drug-likeness (QED) is 0.292. The van der Waals surface area contributed by atoms with E-state index in [4.69, 9.17) is 32.7 Å². The Balaban J connectivity index is 2.25. The average molecular weight is 505 g/mol. The summed E-state index contributed by atoms with van der Waals surface area (Å²) >= 11 is 12.6. The van der Waals surface area contributed by atoms with Gasteiger partial charge in [-0.25, -0.2) is 14.2 Å². The highest BCUT2D eigenvalue weighted by atomic mass is 35.5. The van der Waals surface area contributed by atoms with Crippen LogP contribution in [0.2, 0.25) is 10.0 Å². The van der Waals surface area contributed by atoms with Crippen molar-refractivity contribution in [2.75, 3.05) is 25.1 Å². The molecule has 2 aromatic carbocycles. The van der Waals surface area contributed by atoms with Crippen molar-refractivity contribution < 1.29 is 23.9 Å². The molecule has 0 bridgehead atoms. The minimum Gasteiger partial charge on any atom is -0.461 e. The number of nitrogens with zero attached hydrogens (tertiary/aromatic N) is 2. The van der Waals surface area contributed by atoms with Crippen LogP contribution in [-0.2, 0) is 9.47 Å². The topological polar surface area (TPSA) is 77.8 Å². The van der Waals surface area contributed by atoms with Gasteiger partial charge in [-0.1, -0.05) is 53.5 Å². The van der Waals surface area contributed by atoms with Gasteiger partial charge in [0.25, 0.3) is 0 Å². The van der Waals surface area contributed by atoms with Gasteiger partial charge >= 0.3 is 12.1 Å². The highest BCUT2D eigenvalue weighted by molar-refractivity contribution is 6.43. The molecular weight excluding hydrogens is 479 g/mol. The van der Waals surface area contributed by atoms with Gasteiger partial charge in [0.2, 0.25) is 0 Å². The summed E-state index contributed by atoms with van der Waals surface area (Å²) in [5.41, 5.74) is 0.227. The van der Waals surface area contributed by atoms with Gasteiger partial charge in [-0.2, -0.15) is 0 Å². The lowest BCUT2D eigenvalue weighted by atomic mass is 10.1. The SMILES string of the molecule is CCOC(=O)c1c(N(C)CC(=O)c2ccccc2)c2cc(Cl)c(Cl)cc2n1C(=O)OC(C)(C)C. The predicted octanol–water partition coefficient (Wildman–Crippen LogP) is 6.23. The van der Waals surface area contributed by atoms with E-state index in [2.05, 4.69) is 0 Å². The first-order chi connectivity index (χ1) is 15.9. The summed E-state index contributed by atoms with van der Waals surface area (Å²) in [4.78, 5) is 40.9. The van der Waals surface area contributed by atoms with Crippen molar-refractivity contribution in [3.8, 4) is 0 Å². The summed E-state index contributed by atoms with van der Waals surface area (Å²) in [6, 6.07) is 11.8. The zero-order valence-electron chi connectivity index (χ0n) is 19.6. The summed E-state index contributed by atoms with van der Waals surface area (Å²) in [7, 11) is 1.65. The van der Waals surface area contributed by atoms with Gasteiger partial charge in [0.1, 0.15) is 5.60 Å². The number of ether oxygens (including phenoxy) is 2. The van der Waals surface area contributed by atoms with Crippen molar-refractivity contribution in [3.63, 3.8) is 0 Å². The van der Waals surface area contributed by atoms with Crippen molar-refractivity contribution in [2.24, 2.45) is 0 Å². The molecule has 3 aromatic rings. The van der Waals surface area contributed by atoms with Gasteiger partial charge in [0.15, 0.2) is 11.5 Å². The highest BCUT2D eigenvalue weighted by Crippen LogP contribution is 2.39. The minimum absolute atomic E-state index is 0.0654. The van der Waals surface area contributed by atoms with E-state index in [0.29, 0.717) is 22.2 Å². The van der Waals surface area contributed by atoms with Crippen LogP contribution in [0, 0.1) is 0 Å². The number of Topliss-reactive ketones (excluding diaryl/α,β-unsaturated/α-hetero) is 1. The van der Waals surface area contributed by atoms with Crippen LogP contribution >= 0.6 is 23.2 Å². The number of hydrogen-bond donors (Lipinski definition) is 0. The third-order valence-electron chi connectivity index (χ3n) is 4.89. The molecule has 0 aliphatic heterocycles. The van der Waals surface area contributed by atoms with E-state index >= 15 is 0 Å². The lowest BCUT2D eigenvalue weighted by molar-refractivity contribution is 0.0454. The monoisotopic (exact) mass is 504 g/mol. The third kappa shape index (κ3) is 5.37. The number of fused-ring (bicyclic) bond motifs is 1. The lowest BCUT2D eigenvalue weighted by Gasteiger charge is -2.22. The van der Waals surface area contributed by atoms with Crippen LogP contribution in [0.15, 0.2) is 42.5 Å². The molecule has 0 fully saturated rings. The normalized spacial score (nSPS) is 11.4. The minimum atomic E-state index is -0.828. The van der Waals surface area contributed by atoms with Crippen LogP contribution in [0.1, 0.15) is 48.5 Å². The van der Waals surface area contributed by atoms with Crippen molar-refractivity contribution in [2.45, 2.75) is 33.3 Å². The standard InChI is InChI=1S/C25H26Cl2N2O5/c1-6-33-23(31)22-21(28(5)14-20(30)15-10-8-7-9-11-15)16-12-17(26)18(27)13-19(16)29(22)24(32)34-25(2,3)4/h7-13H,6,14H2,1-5H3. The molecule has 0 saturated carbocycles. The molecule has 34 heavy (non-hydrogen) atoms. The third-order valence-corrected chi connectivity index (χ3v) is 5.61. The van der Waals surface area contributed by atoms with Crippen molar-refractivity contribution in [1.29, 1.82) is 0 Å². The molecule has 7 nitrogen and oxygen atoms in total. The van der Waals surface area contributed by atoms with Gasteiger partial charge in [-0.3, -0.25) is 4.79 Å². The van der Waals surface area contributed by atoms with Gasteiger partial charge in [-0.05, 0) is 39.8 Å². The Kier molecular flexibility index (Phi) is 7.58. The number of aromatic nitrogens is 1. The first-order valence-electron chi connectivity index (χ1n) is 10.7. The van der Waals surface area contributed by atoms with E-state index < -0.39 is 17.7 Å². The zero-order valence-corrected chi connectivity index (χ0v) is 21.2. The molecule has 0 saturated heterocycles. The summed E-state index contributed by atoms with van der Waals surface area (Å²) < 4.78 is 12.0. The molecule has 1 heterocycles. The van der Waals surface area contributed by atoms with Crippen molar-refractivity contribution in [1.82, 2.24) is 4.57 Å². The van der Waals surface area contributed by atoms with E-state index in [9.17, 15) is 14.4 Å². The number of carbonyl (C=O) groups is 3. The van der Waals surface area contributed by atoms with Gasteiger partial charge in [0.05, 0.1) is 34.4 Å². The second kappa shape index (κ2) is 10.1. The van der Waals surface area contributed by atoms with Crippen LogP contribution in [-0.4, -0.2) is 48.2 Å². The largest absolute Gasteiger partial charge is 0.461 e. The highest BCUT2D eigenvalue weighted by Gasteiger charge is 2.33. The molecule has 9 heteroatoms. The van der Waals surface area contributed by atoms with E-state index in [-0.39, 0.29) is 34.7 Å². The van der Waals surface area contributed by atoms with Crippen LogP contribution in [0.3, 0.4) is 0 Å². The second-order valence-electron chi connectivity index (χ2n) is 8.66. The van der Waals surface area contributed by atoms with Gasteiger partial charge in [-0.15, -0.1) is 0 Å². The number of benzene rings is 2. The molecule has 0 aliphatic rings. The van der Waals surface area contributed by atoms with Crippen molar-refractivity contribution in [3.05, 3.63) is 63.8 Å². The fraction of sp³-hybridized carbons (Fsp3) is 0.320. The maximum absolute atomic E-state index is 13.3. The number of hydrogen-bond acceptors (Lipinski definition) is 6. The Morgan fingerprint density at radius 3 is 2.24 bits per heavy atom.